The van der Waals surface area contributed by atoms with Crippen LogP contribution in [-0.4, -0.2) is 32.9 Å². The fraction of sp³-hybridized carbons (Fsp3) is 0.238. The zero-order chi connectivity index (χ0) is 20.4. The van der Waals surface area contributed by atoms with Gasteiger partial charge in [-0.25, -0.2) is 9.59 Å². The number of hydrogen-bond donors (Lipinski definition) is 1. The van der Waals surface area contributed by atoms with Crippen LogP contribution in [0.1, 0.15) is 18.1 Å². The molecule has 0 heterocycles. The van der Waals surface area contributed by atoms with Gasteiger partial charge in [0.15, 0.2) is 11.5 Å². The summed E-state index contributed by atoms with van der Waals surface area (Å²) in [5, 5.41) is 2.44. The molecule has 7 heteroatoms. The van der Waals surface area contributed by atoms with Gasteiger partial charge in [-0.05, 0) is 36.3 Å². The van der Waals surface area contributed by atoms with E-state index in [0.717, 1.165) is 5.56 Å². The van der Waals surface area contributed by atoms with Crippen molar-refractivity contribution in [2.75, 3.05) is 20.8 Å². The fourth-order valence-electron chi connectivity index (χ4n) is 2.33. The highest BCUT2D eigenvalue weighted by Gasteiger charge is 2.16. The first-order valence-electron chi connectivity index (χ1n) is 8.66. The van der Waals surface area contributed by atoms with Crippen LogP contribution in [0.4, 0.5) is 4.79 Å². The van der Waals surface area contributed by atoms with Gasteiger partial charge in [0.25, 0.3) is 0 Å². The molecule has 7 nitrogen and oxygen atoms in total. The molecule has 28 heavy (non-hydrogen) atoms. The lowest BCUT2D eigenvalue weighted by molar-refractivity contribution is -0.138. The van der Waals surface area contributed by atoms with Gasteiger partial charge in [0.2, 0.25) is 0 Å². The van der Waals surface area contributed by atoms with Gasteiger partial charge in [0, 0.05) is 0 Å². The molecule has 0 spiro atoms. The van der Waals surface area contributed by atoms with Gasteiger partial charge in [-0.1, -0.05) is 36.4 Å². The van der Waals surface area contributed by atoms with E-state index in [-0.39, 0.29) is 18.9 Å². The van der Waals surface area contributed by atoms with Crippen LogP contribution < -0.4 is 14.8 Å². The third-order valence-corrected chi connectivity index (χ3v) is 3.66. The Morgan fingerprint density at radius 2 is 1.68 bits per heavy atom. The molecule has 0 radical (unpaired) electrons. The van der Waals surface area contributed by atoms with Gasteiger partial charge in [-0.2, -0.15) is 0 Å². The second-order valence-corrected chi connectivity index (χ2v) is 5.58. The molecule has 1 amide bonds. The highest BCUT2D eigenvalue weighted by atomic mass is 16.6. The summed E-state index contributed by atoms with van der Waals surface area (Å²) < 4.78 is 20.6. The van der Waals surface area contributed by atoms with Gasteiger partial charge < -0.3 is 18.9 Å². The first-order valence-corrected chi connectivity index (χ1v) is 8.66. The summed E-state index contributed by atoms with van der Waals surface area (Å²) in [4.78, 5) is 24.3. The number of benzene rings is 2. The maximum absolute atomic E-state index is 12.2. The molecule has 0 aliphatic heterocycles. The fourth-order valence-corrected chi connectivity index (χ4v) is 2.33. The average molecular weight is 385 g/mol. The minimum absolute atomic E-state index is 0.0490. The van der Waals surface area contributed by atoms with Gasteiger partial charge in [-0.15, -0.1) is 0 Å². The topological polar surface area (TPSA) is 83.1 Å². The normalized spacial score (nSPS) is 10.8. The van der Waals surface area contributed by atoms with Crippen LogP contribution in [0.2, 0.25) is 0 Å². The van der Waals surface area contributed by atoms with Crippen molar-refractivity contribution >= 4 is 18.1 Å². The smallest absolute Gasteiger partial charge is 0.412 e. The highest BCUT2D eigenvalue weighted by Crippen LogP contribution is 2.28. The predicted octanol–water partition coefficient (Wildman–Crippen LogP) is 3.53. The van der Waals surface area contributed by atoms with E-state index in [4.69, 9.17) is 18.9 Å². The second-order valence-electron chi connectivity index (χ2n) is 5.58. The lowest BCUT2D eigenvalue weighted by Crippen LogP contribution is -2.29. The molecule has 0 saturated carbocycles. The highest BCUT2D eigenvalue weighted by molar-refractivity contribution is 5.96. The quantitative estimate of drug-likeness (QED) is 0.553. The van der Waals surface area contributed by atoms with Crippen molar-refractivity contribution in [2.24, 2.45) is 0 Å². The number of hydrogen-bond acceptors (Lipinski definition) is 6. The Bertz CT molecular complexity index is 832. The number of carbonyl (C=O) groups excluding carboxylic acids is 2. The number of methoxy groups -OCH3 is 2. The summed E-state index contributed by atoms with van der Waals surface area (Å²) in [6, 6.07) is 14.3. The van der Waals surface area contributed by atoms with Gasteiger partial charge >= 0.3 is 12.1 Å². The lowest BCUT2D eigenvalue weighted by atomic mass is 10.1. The Balaban J connectivity index is 2.16. The molecule has 0 unspecified atom stereocenters. The van der Waals surface area contributed by atoms with Crippen molar-refractivity contribution in [1.29, 1.82) is 0 Å². The van der Waals surface area contributed by atoms with Crippen LogP contribution in [0.5, 0.6) is 11.5 Å². The summed E-state index contributed by atoms with van der Waals surface area (Å²) in [5.74, 6) is 0.368. The number of ether oxygens (including phenoxy) is 4. The van der Waals surface area contributed by atoms with E-state index in [9.17, 15) is 9.59 Å². The van der Waals surface area contributed by atoms with Crippen LogP contribution >= 0.6 is 0 Å². The van der Waals surface area contributed by atoms with E-state index in [1.165, 1.54) is 20.3 Å². The van der Waals surface area contributed by atoms with Gasteiger partial charge in [0.05, 0.1) is 20.8 Å². The first-order chi connectivity index (χ1) is 13.6. The summed E-state index contributed by atoms with van der Waals surface area (Å²) in [6.45, 7) is 1.93. The third kappa shape index (κ3) is 6.05. The maximum Gasteiger partial charge on any atom is 0.412 e. The number of alkyl carbamates (subject to hydrolysis) is 1. The number of nitrogens with one attached hydrogen (secondary N) is 1. The van der Waals surface area contributed by atoms with Crippen molar-refractivity contribution in [2.45, 2.75) is 13.5 Å². The summed E-state index contributed by atoms with van der Waals surface area (Å²) in [6.07, 6.45) is 0.715. The first kappa shape index (κ1) is 20.8. The number of amides is 1. The van der Waals surface area contributed by atoms with E-state index in [1.54, 1.807) is 25.1 Å². The van der Waals surface area contributed by atoms with E-state index < -0.39 is 12.1 Å². The minimum Gasteiger partial charge on any atom is -0.493 e. The monoisotopic (exact) mass is 385 g/mol. The Hall–Kier alpha value is -3.48. The van der Waals surface area contributed by atoms with E-state index in [1.807, 2.05) is 30.3 Å². The second kappa shape index (κ2) is 10.6. The standard InChI is InChI=1S/C21H23NO6/c1-4-27-20(23)17(12-16-10-11-18(25-2)19(13-16)26-3)22-21(24)28-14-15-8-6-5-7-9-15/h5-13H,4,14H2,1-3H3,(H,22,24)/b17-12+. The molecule has 0 aliphatic rings. The zero-order valence-electron chi connectivity index (χ0n) is 16.1. The van der Waals surface area contributed by atoms with Crippen LogP contribution in [0.25, 0.3) is 6.08 Å². The molecule has 1 N–H and O–H groups in total. The van der Waals surface area contributed by atoms with Crippen molar-refractivity contribution < 1.29 is 28.5 Å². The summed E-state index contributed by atoms with van der Waals surface area (Å²) in [5.41, 5.74) is 1.40. The Morgan fingerprint density at radius 1 is 0.964 bits per heavy atom. The van der Waals surface area contributed by atoms with Crippen molar-refractivity contribution in [1.82, 2.24) is 5.32 Å². The molecular weight excluding hydrogens is 362 g/mol. The molecule has 148 valence electrons. The van der Waals surface area contributed by atoms with E-state index in [2.05, 4.69) is 5.32 Å². The molecule has 0 aliphatic carbocycles. The van der Waals surface area contributed by atoms with Crippen LogP contribution in [0, 0.1) is 0 Å². The van der Waals surface area contributed by atoms with Gasteiger partial charge in [0.1, 0.15) is 12.3 Å². The Kier molecular flexibility index (Phi) is 7.90. The molecule has 0 saturated heterocycles. The average Bonchev–Trinajstić information content (AvgIpc) is 2.72. The summed E-state index contributed by atoms with van der Waals surface area (Å²) >= 11 is 0. The number of carbonyl (C=O) groups is 2. The molecule has 2 rings (SSSR count). The van der Waals surface area contributed by atoms with Crippen LogP contribution in [-0.2, 0) is 20.9 Å². The zero-order valence-corrected chi connectivity index (χ0v) is 16.1. The van der Waals surface area contributed by atoms with Crippen molar-refractivity contribution in [3.63, 3.8) is 0 Å². The summed E-state index contributed by atoms with van der Waals surface area (Å²) in [7, 11) is 3.04. The Labute approximate surface area is 163 Å². The van der Waals surface area contributed by atoms with Crippen LogP contribution in [0.3, 0.4) is 0 Å². The number of esters is 1. The molecular formula is C21H23NO6. The lowest BCUT2D eigenvalue weighted by Gasteiger charge is -2.11. The largest absolute Gasteiger partial charge is 0.493 e. The van der Waals surface area contributed by atoms with Crippen molar-refractivity contribution in [3.8, 4) is 11.5 Å². The Morgan fingerprint density at radius 3 is 2.32 bits per heavy atom. The minimum atomic E-state index is -0.761. The molecule has 0 aromatic heterocycles. The van der Waals surface area contributed by atoms with Crippen molar-refractivity contribution in [3.05, 3.63) is 65.4 Å². The molecule has 2 aromatic carbocycles. The van der Waals surface area contributed by atoms with Crippen LogP contribution in [0.15, 0.2) is 54.2 Å². The third-order valence-electron chi connectivity index (χ3n) is 3.66. The molecule has 0 fully saturated rings. The molecule has 0 bridgehead atoms. The molecule has 0 atom stereocenters. The number of rotatable bonds is 8. The molecule has 2 aromatic rings. The van der Waals surface area contributed by atoms with E-state index >= 15 is 0 Å². The maximum atomic E-state index is 12.2. The SMILES string of the molecule is CCOC(=O)/C(=C\c1ccc(OC)c(OC)c1)NC(=O)OCc1ccccc1. The van der Waals surface area contributed by atoms with E-state index in [0.29, 0.717) is 17.1 Å². The van der Waals surface area contributed by atoms with Gasteiger partial charge in [-0.3, -0.25) is 5.32 Å². The predicted molar refractivity (Wildman–Crippen MR) is 104 cm³/mol.